The largest absolute Gasteiger partial charge is 0.477 e. The summed E-state index contributed by atoms with van der Waals surface area (Å²) in [6.07, 6.45) is 7.93. The number of aliphatic hydroxyl groups is 1. The first-order valence-corrected chi connectivity index (χ1v) is 11.4. The van der Waals surface area contributed by atoms with Gasteiger partial charge in [-0.05, 0) is 13.8 Å². The smallest absolute Gasteiger partial charge is 0.353 e. The average molecular weight is 459 g/mol. The SMILES string of the molecule is C#C[C@H]1C(c2csc(SC3=C(C(=O)O)N4C(=O)[C@H]([C@@H](C)O)[C@@]4(C)[C@H]3C)n2)=CCN1C=N. The maximum Gasteiger partial charge on any atom is 0.353 e. The van der Waals surface area contributed by atoms with Crippen LogP contribution in [0.2, 0.25) is 0 Å². The van der Waals surface area contributed by atoms with Crippen LogP contribution in [-0.2, 0) is 9.59 Å². The van der Waals surface area contributed by atoms with E-state index in [0.717, 1.165) is 5.57 Å². The van der Waals surface area contributed by atoms with E-state index in [1.807, 2.05) is 25.3 Å². The third-order valence-electron chi connectivity index (χ3n) is 6.46. The topological polar surface area (TPSA) is 118 Å². The lowest BCUT2D eigenvalue weighted by molar-refractivity contribution is -0.177. The standard InChI is InChI=1S/C21H22N4O4S2/c1-5-14-12(6-7-24(14)9-22)13-8-30-20(23-13)31-17-10(2)21(4)15(11(3)26)18(27)25(21)16(17)19(28)29/h1,6,8-11,14-15,22,26H,7H2,2-4H3,(H,28,29)/t10-,11+,14-,15-,21+/m0/s1. The predicted molar refractivity (Wildman–Crippen MR) is 118 cm³/mol. The number of thioether (sulfide) groups is 1. The molecule has 1 aromatic rings. The normalized spacial score (nSPS) is 30.6. The molecule has 3 N–H and O–H groups in total. The summed E-state index contributed by atoms with van der Waals surface area (Å²) in [5.41, 5.74) is 0.737. The number of aromatic nitrogens is 1. The zero-order chi connectivity index (χ0) is 22.7. The lowest BCUT2D eigenvalue weighted by Crippen LogP contribution is -2.71. The van der Waals surface area contributed by atoms with E-state index in [0.29, 0.717) is 21.5 Å². The Morgan fingerprint density at radius 1 is 1.58 bits per heavy atom. The first-order valence-electron chi connectivity index (χ1n) is 9.72. The number of carboxylic acid groups (broad SMARTS) is 1. The Balaban J connectivity index is 1.65. The minimum Gasteiger partial charge on any atom is -0.477 e. The van der Waals surface area contributed by atoms with E-state index in [1.54, 1.807) is 11.8 Å². The van der Waals surface area contributed by atoms with Gasteiger partial charge in [-0.3, -0.25) is 15.1 Å². The number of amides is 1. The summed E-state index contributed by atoms with van der Waals surface area (Å²) in [5, 5.41) is 29.3. The van der Waals surface area contributed by atoms with Crippen LogP contribution in [0.15, 0.2) is 26.4 Å². The highest BCUT2D eigenvalue weighted by Crippen LogP contribution is 2.58. The highest BCUT2D eigenvalue weighted by Gasteiger charge is 2.68. The van der Waals surface area contributed by atoms with E-state index in [4.69, 9.17) is 11.8 Å². The van der Waals surface area contributed by atoms with Gasteiger partial charge in [0.15, 0.2) is 4.34 Å². The van der Waals surface area contributed by atoms with Gasteiger partial charge >= 0.3 is 5.97 Å². The molecule has 162 valence electrons. The predicted octanol–water partition coefficient (Wildman–Crippen LogP) is 2.09. The second kappa shape index (κ2) is 7.51. The van der Waals surface area contributed by atoms with Gasteiger partial charge in [0, 0.05) is 28.3 Å². The number of hydrogen-bond donors (Lipinski definition) is 3. The molecule has 0 aromatic carbocycles. The van der Waals surface area contributed by atoms with Crippen LogP contribution in [0.3, 0.4) is 0 Å². The quantitative estimate of drug-likeness (QED) is 0.259. The number of hydrogen-bond acceptors (Lipinski definition) is 7. The van der Waals surface area contributed by atoms with Gasteiger partial charge in [0.2, 0.25) is 5.91 Å². The Morgan fingerprint density at radius 3 is 2.87 bits per heavy atom. The fourth-order valence-electron chi connectivity index (χ4n) is 4.81. The van der Waals surface area contributed by atoms with Crippen molar-refractivity contribution in [3.63, 3.8) is 0 Å². The summed E-state index contributed by atoms with van der Waals surface area (Å²) < 4.78 is 0.646. The van der Waals surface area contributed by atoms with Crippen molar-refractivity contribution in [2.75, 3.05) is 6.54 Å². The molecule has 4 heterocycles. The van der Waals surface area contributed by atoms with Crippen molar-refractivity contribution in [2.24, 2.45) is 11.8 Å². The first kappa shape index (κ1) is 21.6. The fraction of sp³-hybridized carbons (Fsp3) is 0.429. The molecule has 5 atom stereocenters. The molecule has 0 radical (unpaired) electrons. The molecule has 1 amide bonds. The number of nitrogens with one attached hydrogen (secondary N) is 1. The van der Waals surface area contributed by atoms with Gasteiger partial charge in [0.05, 0.1) is 29.6 Å². The van der Waals surface area contributed by atoms with Crippen LogP contribution in [0.1, 0.15) is 26.5 Å². The van der Waals surface area contributed by atoms with Crippen molar-refractivity contribution in [3.05, 3.63) is 27.8 Å². The van der Waals surface area contributed by atoms with Crippen molar-refractivity contribution in [1.29, 1.82) is 5.41 Å². The number of carbonyl (C=O) groups is 2. The summed E-state index contributed by atoms with van der Waals surface area (Å²) >= 11 is 2.62. The van der Waals surface area contributed by atoms with Gasteiger partial charge < -0.3 is 15.1 Å². The summed E-state index contributed by atoms with van der Waals surface area (Å²) in [7, 11) is 0. The van der Waals surface area contributed by atoms with Gasteiger partial charge in [-0.15, -0.1) is 17.8 Å². The third kappa shape index (κ3) is 2.95. The van der Waals surface area contributed by atoms with Crippen molar-refractivity contribution in [1.82, 2.24) is 14.8 Å². The molecule has 4 rings (SSSR count). The maximum absolute atomic E-state index is 12.7. The minimum atomic E-state index is -1.17. The highest BCUT2D eigenvalue weighted by molar-refractivity contribution is 8.04. The molecule has 10 heteroatoms. The first-order chi connectivity index (χ1) is 14.7. The molecule has 0 saturated carbocycles. The lowest BCUT2D eigenvalue weighted by atomic mass is 9.67. The zero-order valence-corrected chi connectivity index (χ0v) is 18.8. The van der Waals surface area contributed by atoms with Crippen molar-refractivity contribution in [3.8, 4) is 12.3 Å². The number of aliphatic carboxylic acids is 1. The van der Waals surface area contributed by atoms with Crippen LogP contribution < -0.4 is 0 Å². The fourth-order valence-corrected chi connectivity index (χ4v) is 7.00. The molecule has 3 aliphatic rings. The molecule has 1 aromatic heterocycles. The number of fused-ring (bicyclic) bond motifs is 1. The number of rotatable bonds is 6. The maximum atomic E-state index is 12.7. The van der Waals surface area contributed by atoms with E-state index in [1.165, 1.54) is 34.3 Å². The third-order valence-corrected chi connectivity index (χ3v) is 8.66. The molecule has 1 saturated heterocycles. The lowest BCUT2D eigenvalue weighted by Gasteiger charge is -2.55. The van der Waals surface area contributed by atoms with Crippen LogP contribution in [0.5, 0.6) is 0 Å². The van der Waals surface area contributed by atoms with E-state index in [-0.39, 0.29) is 23.6 Å². The Bertz CT molecular complexity index is 1090. The second-order valence-corrected chi connectivity index (χ2v) is 10.2. The van der Waals surface area contributed by atoms with E-state index >= 15 is 0 Å². The number of nitrogens with zero attached hydrogens (tertiary/aromatic N) is 3. The summed E-state index contributed by atoms with van der Waals surface area (Å²) in [6.45, 7) is 5.81. The molecule has 0 aliphatic carbocycles. The van der Waals surface area contributed by atoms with Crippen molar-refractivity contribution < 1.29 is 19.8 Å². The van der Waals surface area contributed by atoms with Crippen molar-refractivity contribution >= 4 is 46.9 Å². The molecule has 3 aliphatic heterocycles. The van der Waals surface area contributed by atoms with E-state index in [2.05, 4.69) is 10.9 Å². The Hall–Kier alpha value is -2.61. The number of β-lactam (4-membered cyclic amide) rings is 1. The molecule has 0 unspecified atom stereocenters. The van der Waals surface area contributed by atoms with Gasteiger partial charge in [-0.2, -0.15) is 0 Å². The highest BCUT2D eigenvalue weighted by atomic mass is 32.2. The van der Waals surface area contributed by atoms with Gasteiger partial charge in [-0.1, -0.05) is 30.7 Å². The minimum absolute atomic E-state index is 0.0322. The van der Waals surface area contributed by atoms with Gasteiger partial charge in [0.25, 0.3) is 0 Å². The Labute approximate surface area is 188 Å². The average Bonchev–Trinajstić information content (AvgIpc) is 3.38. The number of carbonyl (C=O) groups excluding carboxylic acids is 1. The summed E-state index contributed by atoms with van der Waals surface area (Å²) in [5.74, 6) is 0.232. The molecule has 1 fully saturated rings. The van der Waals surface area contributed by atoms with Crippen LogP contribution in [0.4, 0.5) is 0 Å². The van der Waals surface area contributed by atoms with Crippen LogP contribution in [-0.4, -0.2) is 67.4 Å². The number of aliphatic hydroxyl groups excluding tert-OH is 1. The second-order valence-electron chi connectivity index (χ2n) is 8.01. The van der Waals surface area contributed by atoms with Gasteiger partial charge in [-0.25, -0.2) is 9.78 Å². The van der Waals surface area contributed by atoms with Crippen LogP contribution in [0, 0.1) is 29.6 Å². The molecule has 0 spiro atoms. The number of thiazole rings is 1. The molecular formula is C21H22N4O4S2. The molecule has 31 heavy (non-hydrogen) atoms. The van der Waals surface area contributed by atoms with E-state index in [9.17, 15) is 19.8 Å². The van der Waals surface area contributed by atoms with Crippen LogP contribution in [0.25, 0.3) is 5.57 Å². The zero-order valence-electron chi connectivity index (χ0n) is 17.2. The van der Waals surface area contributed by atoms with E-state index < -0.39 is 23.5 Å². The number of terminal acetylenes is 1. The monoisotopic (exact) mass is 458 g/mol. The molecular weight excluding hydrogens is 436 g/mol. The summed E-state index contributed by atoms with van der Waals surface area (Å²) in [6, 6.07) is -0.359. The Morgan fingerprint density at radius 2 is 2.29 bits per heavy atom. The molecule has 8 nitrogen and oxygen atoms in total. The summed E-state index contributed by atoms with van der Waals surface area (Å²) in [4.78, 5) is 33.0. The van der Waals surface area contributed by atoms with Crippen molar-refractivity contribution in [2.45, 2.75) is 42.8 Å². The van der Waals surface area contributed by atoms with Crippen LogP contribution >= 0.6 is 23.1 Å². The van der Waals surface area contributed by atoms with Gasteiger partial charge in [0.1, 0.15) is 11.7 Å². The number of carboxylic acids is 1. The molecule has 0 bridgehead atoms. The Kier molecular flexibility index (Phi) is 5.24.